The van der Waals surface area contributed by atoms with E-state index in [0.717, 1.165) is 0 Å². The minimum Gasteiger partial charge on any atom is -0.480 e. The molecule has 6 heteroatoms. The molecule has 1 atom stereocenters. The van der Waals surface area contributed by atoms with Gasteiger partial charge in [-0.05, 0) is 24.3 Å². The van der Waals surface area contributed by atoms with Crippen molar-refractivity contribution in [2.45, 2.75) is 31.7 Å². The Morgan fingerprint density at radius 1 is 1.37 bits per heavy atom. The number of carboxylic acids is 1. The molecule has 1 unspecified atom stereocenters. The van der Waals surface area contributed by atoms with Crippen LogP contribution in [-0.4, -0.2) is 40.3 Å². The summed E-state index contributed by atoms with van der Waals surface area (Å²) < 4.78 is 0. The van der Waals surface area contributed by atoms with Gasteiger partial charge in [0.25, 0.3) is 0 Å². The van der Waals surface area contributed by atoms with Gasteiger partial charge in [-0.3, -0.25) is 9.59 Å². The molecular formula is C13H15NO4S. The lowest BCUT2D eigenvalue weighted by Gasteiger charge is -2.21. The summed E-state index contributed by atoms with van der Waals surface area (Å²) in [7, 11) is 0. The van der Waals surface area contributed by atoms with Crippen molar-refractivity contribution in [3.63, 3.8) is 0 Å². The summed E-state index contributed by atoms with van der Waals surface area (Å²) in [4.78, 5) is 36.7. The van der Waals surface area contributed by atoms with Crippen LogP contribution in [0.1, 0.15) is 35.4 Å². The summed E-state index contributed by atoms with van der Waals surface area (Å²) in [5.74, 6) is -1.26. The van der Waals surface area contributed by atoms with E-state index in [1.807, 2.05) is 5.38 Å². The minimum absolute atomic E-state index is 0.0607. The Morgan fingerprint density at radius 3 is 2.79 bits per heavy atom. The van der Waals surface area contributed by atoms with Gasteiger partial charge in [-0.15, -0.1) is 11.3 Å². The summed E-state index contributed by atoms with van der Waals surface area (Å²) in [6, 6.07) is 2.80. The number of carboxylic acid groups (broad SMARTS) is 1. The third-order valence-corrected chi connectivity index (χ3v) is 4.13. The van der Waals surface area contributed by atoms with Crippen molar-refractivity contribution in [3.8, 4) is 0 Å². The van der Waals surface area contributed by atoms with Gasteiger partial charge in [0.1, 0.15) is 6.04 Å². The number of Topliss-reactive ketones (excluding diaryl/α,β-unsaturated/α-hetero) is 1. The monoisotopic (exact) mass is 281 g/mol. The number of likely N-dealkylation sites (tertiary alicyclic amines) is 1. The van der Waals surface area contributed by atoms with E-state index in [9.17, 15) is 14.4 Å². The molecule has 5 nitrogen and oxygen atoms in total. The van der Waals surface area contributed by atoms with Crippen molar-refractivity contribution in [2.75, 3.05) is 6.54 Å². The van der Waals surface area contributed by atoms with Gasteiger partial charge in [-0.1, -0.05) is 6.07 Å². The van der Waals surface area contributed by atoms with Gasteiger partial charge in [0.15, 0.2) is 5.78 Å². The Kier molecular flexibility index (Phi) is 4.31. The molecule has 1 aromatic rings. The van der Waals surface area contributed by atoms with E-state index in [2.05, 4.69) is 0 Å². The van der Waals surface area contributed by atoms with E-state index >= 15 is 0 Å². The van der Waals surface area contributed by atoms with Crippen LogP contribution in [-0.2, 0) is 9.59 Å². The Hall–Kier alpha value is -1.69. The van der Waals surface area contributed by atoms with Gasteiger partial charge < -0.3 is 10.0 Å². The molecule has 0 aromatic carbocycles. The first-order valence-corrected chi connectivity index (χ1v) is 7.06. The van der Waals surface area contributed by atoms with Crippen LogP contribution >= 0.6 is 11.3 Å². The summed E-state index contributed by atoms with van der Waals surface area (Å²) >= 11 is 1.35. The van der Waals surface area contributed by atoms with E-state index in [-0.39, 0.29) is 24.5 Å². The van der Waals surface area contributed by atoms with E-state index in [4.69, 9.17) is 5.11 Å². The zero-order chi connectivity index (χ0) is 13.8. The topological polar surface area (TPSA) is 74.7 Å². The van der Waals surface area contributed by atoms with Crippen molar-refractivity contribution in [3.05, 3.63) is 22.4 Å². The highest BCUT2D eigenvalue weighted by atomic mass is 32.1. The maximum atomic E-state index is 11.9. The Morgan fingerprint density at radius 2 is 2.16 bits per heavy atom. The first-order valence-electron chi connectivity index (χ1n) is 6.18. The molecule has 1 amide bonds. The van der Waals surface area contributed by atoms with Crippen LogP contribution < -0.4 is 0 Å². The van der Waals surface area contributed by atoms with Gasteiger partial charge >= 0.3 is 5.97 Å². The van der Waals surface area contributed by atoms with Gasteiger partial charge in [-0.25, -0.2) is 4.79 Å². The lowest BCUT2D eigenvalue weighted by Crippen LogP contribution is -2.40. The predicted octanol–water partition coefficient (Wildman–Crippen LogP) is 1.79. The summed E-state index contributed by atoms with van der Waals surface area (Å²) in [5, 5.41) is 10.8. The second-order valence-electron chi connectivity index (χ2n) is 4.48. The summed E-state index contributed by atoms with van der Waals surface area (Å²) in [5.41, 5.74) is 0. The zero-order valence-electron chi connectivity index (χ0n) is 10.4. The minimum atomic E-state index is -0.963. The Bertz CT molecular complexity index is 483. The number of aliphatic carboxylic acids is 1. The van der Waals surface area contributed by atoms with E-state index in [1.165, 1.54) is 16.2 Å². The molecule has 1 aliphatic heterocycles. The normalized spacial score (nSPS) is 18.5. The predicted molar refractivity (Wildman–Crippen MR) is 70.3 cm³/mol. The second kappa shape index (κ2) is 5.97. The van der Waals surface area contributed by atoms with Crippen molar-refractivity contribution in [1.29, 1.82) is 0 Å². The highest BCUT2D eigenvalue weighted by molar-refractivity contribution is 7.12. The molecule has 0 radical (unpaired) electrons. The molecule has 1 aromatic heterocycles. The molecule has 0 saturated carbocycles. The van der Waals surface area contributed by atoms with Crippen LogP contribution in [0.2, 0.25) is 0 Å². The van der Waals surface area contributed by atoms with E-state index < -0.39 is 12.0 Å². The molecule has 0 spiro atoms. The van der Waals surface area contributed by atoms with Crippen LogP contribution in [0.15, 0.2) is 17.5 Å². The van der Waals surface area contributed by atoms with Crippen LogP contribution in [0.3, 0.4) is 0 Å². The Balaban J connectivity index is 1.88. The number of hydrogen-bond acceptors (Lipinski definition) is 4. The quantitative estimate of drug-likeness (QED) is 0.835. The highest BCUT2D eigenvalue weighted by Crippen LogP contribution is 2.20. The molecular weight excluding hydrogens is 266 g/mol. The molecule has 19 heavy (non-hydrogen) atoms. The first kappa shape index (κ1) is 13.7. The largest absolute Gasteiger partial charge is 0.480 e. The van der Waals surface area contributed by atoms with E-state index in [0.29, 0.717) is 24.3 Å². The van der Waals surface area contributed by atoms with Crippen molar-refractivity contribution < 1.29 is 19.5 Å². The van der Waals surface area contributed by atoms with E-state index in [1.54, 1.807) is 12.1 Å². The van der Waals surface area contributed by atoms with Crippen LogP contribution in [0.4, 0.5) is 0 Å². The fraction of sp³-hybridized carbons (Fsp3) is 0.462. The Labute approximate surface area is 114 Å². The maximum Gasteiger partial charge on any atom is 0.326 e. The smallest absolute Gasteiger partial charge is 0.326 e. The third-order valence-electron chi connectivity index (χ3n) is 3.22. The number of thiophene rings is 1. The average molecular weight is 281 g/mol. The molecule has 1 aliphatic rings. The van der Waals surface area contributed by atoms with Gasteiger partial charge in [0, 0.05) is 19.4 Å². The molecule has 1 saturated heterocycles. The lowest BCUT2D eigenvalue weighted by atomic mass is 10.1. The fourth-order valence-corrected chi connectivity index (χ4v) is 2.94. The van der Waals surface area contributed by atoms with Gasteiger partial charge in [-0.2, -0.15) is 0 Å². The molecule has 1 N–H and O–H groups in total. The average Bonchev–Trinajstić information content (AvgIpc) is 3.04. The number of rotatable bonds is 5. The summed E-state index contributed by atoms with van der Waals surface area (Å²) in [6.45, 7) is 0.475. The SMILES string of the molecule is O=C(CCC(=O)N1CCCC1C(=O)O)c1cccs1. The van der Waals surface area contributed by atoms with Gasteiger partial charge in [0.05, 0.1) is 4.88 Å². The maximum absolute atomic E-state index is 11.9. The van der Waals surface area contributed by atoms with Gasteiger partial charge in [0.2, 0.25) is 5.91 Å². The first-order chi connectivity index (χ1) is 9.09. The van der Waals surface area contributed by atoms with Crippen LogP contribution in [0.25, 0.3) is 0 Å². The number of carbonyl (C=O) groups is 3. The molecule has 0 aliphatic carbocycles. The molecule has 2 heterocycles. The number of nitrogens with zero attached hydrogens (tertiary/aromatic N) is 1. The third kappa shape index (κ3) is 3.20. The fourth-order valence-electron chi connectivity index (χ4n) is 2.25. The van der Waals surface area contributed by atoms with Crippen LogP contribution in [0, 0.1) is 0 Å². The molecule has 1 fully saturated rings. The molecule has 2 rings (SSSR count). The zero-order valence-corrected chi connectivity index (χ0v) is 11.2. The summed E-state index contributed by atoms with van der Waals surface area (Å²) in [6.07, 6.45) is 1.43. The number of ketones is 1. The number of amides is 1. The second-order valence-corrected chi connectivity index (χ2v) is 5.43. The van der Waals surface area contributed by atoms with Crippen molar-refractivity contribution in [1.82, 2.24) is 4.90 Å². The highest BCUT2D eigenvalue weighted by Gasteiger charge is 2.33. The van der Waals surface area contributed by atoms with Crippen molar-refractivity contribution >= 4 is 29.0 Å². The molecule has 0 bridgehead atoms. The van der Waals surface area contributed by atoms with Crippen LogP contribution in [0.5, 0.6) is 0 Å². The number of carbonyl (C=O) groups excluding carboxylic acids is 2. The standard InChI is InChI=1S/C13H15NO4S/c15-10(11-4-2-8-19-11)5-6-12(16)14-7-1-3-9(14)13(17)18/h2,4,8-9H,1,3,5-7H2,(H,17,18). The lowest BCUT2D eigenvalue weighted by molar-refractivity contribution is -0.148. The van der Waals surface area contributed by atoms with Crippen molar-refractivity contribution in [2.24, 2.45) is 0 Å². The number of hydrogen-bond donors (Lipinski definition) is 1. The molecule has 102 valence electrons.